The van der Waals surface area contributed by atoms with Gasteiger partial charge >= 0.3 is 0 Å². The third-order valence-corrected chi connectivity index (χ3v) is 15.5. The summed E-state index contributed by atoms with van der Waals surface area (Å²) in [4.78, 5) is 38.8. The Labute approximate surface area is 386 Å². The molecule has 0 aromatic carbocycles. The van der Waals surface area contributed by atoms with Crippen LogP contribution in [0, 0.1) is 11.8 Å². The number of nitrogens with two attached hydrogens (primary N) is 2. The van der Waals surface area contributed by atoms with Crippen molar-refractivity contribution in [2.75, 3.05) is 13.1 Å². The van der Waals surface area contributed by atoms with Crippen molar-refractivity contribution in [1.29, 1.82) is 0 Å². The van der Waals surface area contributed by atoms with E-state index in [-0.39, 0.29) is 17.7 Å². The molecule has 2 amide bonds. The lowest BCUT2D eigenvalue weighted by molar-refractivity contribution is -0.124. The molecule has 6 heterocycles. The molecule has 0 radical (unpaired) electrons. The van der Waals surface area contributed by atoms with Crippen LogP contribution < -0.4 is 11.5 Å². The summed E-state index contributed by atoms with van der Waals surface area (Å²) in [6, 6.07) is 16.2. The fraction of sp³-hybridized carbons (Fsp3) is 0.585. The van der Waals surface area contributed by atoms with Crippen molar-refractivity contribution in [1.82, 2.24) is 9.80 Å². The van der Waals surface area contributed by atoms with E-state index in [9.17, 15) is 0 Å². The zero-order valence-corrected chi connectivity index (χ0v) is 41.3. The quantitative estimate of drug-likeness (QED) is 0.0576. The van der Waals surface area contributed by atoms with Crippen LogP contribution in [-0.2, 0) is 20.7 Å². The standard InChI is InChI=1S/C53H76N4O4S2/c1-9-12-15-18-19-22-25-37(24-21-17-14-11-3)35-57-48(39-27-26-38(60-39)41-29-30-42(62-41)43-31-33-45(63-43)53(7,8)55)46-47(51(57)59)49(40-28-32-44(61-40)52(5,6)54)56(50(46)58)34-36(4)23-20-16-13-10-2/h26-33,36-37H,9-25,34-35,54-55H2,1-8H3. The van der Waals surface area contributed by atoms with Gasteiger partial charge in [0.05, 0.1) is 21.6 Å². The maximum Gasteiger partial charge on any atom is 0.261 e. The molecule has 63 heavy (non-hydrogen) atoms. The third kappa shape index (κ3) is 12.0. The van der Waals surface area contributed by atoms with Gasteiger partial charge in [-0.25, -0.2) is 0 Å². The van der Waals surface area contributed by atoms with Crippen LogP contribution in [-0.4, -0.2) is 34.7 Å². The Balaban J connectivity index is 1.42. The molecule has 344 valence electrons. The summed E-state index contributed by atoms with van der Waals surface area (Å²) in [6.45, 7) is 17.8. The van der Waals surface area contributed by atoms with Gasteiger partial charge in [0.2, 0.25) is 0 Å². The molecule has 0 saturated carbocycles. The van der Waals surface area contributed by atoms with Crippen LogP contribution in [0.25, 0.3) is 31.8 Å². The summed E-state index contributed by atoms with van der Waals surface area (Å²) in [5, 5.41) is 0. The molecule has 0 bridgehead atoms. The van der Waals surface area contributed by atoms with Crippen molar-refractivity contribution in [3.8, 4) is 20.4 Å². The number of fused-ring (bicyclic) bond motifs is 1. The summed E-state index contributed by atoms with van der Waals surface area (Å²) >= 11 is 3.39. The van der Waals surface area contributed by atoms with Crippen LogP contribution >= 0.6 is 22.7 Å². The van der Waals surface area contributed by atoms with E-state index in [0.29, 0.717) is 64.6 Å². The Morgan fingerprint density at radius 3 is 1.59 bits per heavy atom. The zero-order chi connectivity index (χ0) is 45.3. The number of amides is 2. The van der Waals surface area contributed by atoms with Gasteiger partial charge < -0.3 is 30.1 Å². The number of hydrogen-bond donors (Lipinski definition) is 2. The lowest BCUT2D eigenvalue weighted by Gasteiger charge is -2.28. The van der Waals surface area contributed by atoms with Crippen LogP contribution in [0.15, 0.2) is 68.5 Å². The van der Waals surface area contributed by atoms with E-state index in [1.165, 1.54) is 70.6 Å². The molecule has 2 aliphatic rings. The van der Waals surface area contributed by atoms with E-state index in [1.54, 1.807) is 22.7 Å². The summed E-state index contributed by atoms with van der Waals surface area (Å²) < 4.78 is 13.3. The van der Waals surface area contributed by atoms with Gasteiger partial charge in [-0.05, 0) is 107 Å². The van der Waals surface area contributed by atoms with Crippen LogP contribution in [0.4, 0.5) is 0 Å². The Hall–Kier alpha value is -3.70. The number of nitrogens with zero attached hydrogens (tertiary/aromatic N) is 2. The number of furan rings is 2. The Bertz CT molecular complexity index is 2190. The molecule has 2 atom stereocenters. The van der Waals surface area contributed by atoms with Crippen LogP contribution in [0.5, 0.6) is 0 Å². The highest BCUT2D eigenvalue weighted by Crippen LogP contribution is 2.49. The molecular weight excluding hydrogens is 821 g/mol. The van der Waals surface area contributed by atoms with Crippen LogP contribution in [0.2, 0.25) is 0 Å². The lowest BCUT2D eigenvalue weighted by Crippen LogP contribution is -2.34. The number of thiophene rings is 2. The highest BCUT2D eigenvalue weighted by Gasteiger charge is 2.51. The number of carbonyl (C=O) groups excluding carboxylic acids is 2. The van der Waals surface area contributed by atoms with E-state index in [4.69, 9.17) is 20.3 Å². The molecule has 2 aliphatic heterocycles. The van der Waals surface area contributed by atoms with E-state index >= 15 is 9.59 Å². The highest BCUT2D eigenvalue weighted by molar-refractivity contribution is 7.23. The Morgan fingerprint density at radius 1 is 0.540 bits per heavy atom. The molecule has 0 saturated heterocycles. The minimum atomic E-state index is -0.737. The first-order valence-corrected chi connectivity index (χ1v) is 25.9. The maximum absolute atomic E-state index is 15.4. The molecule has 4 aromatic heterocycles. The second-order valence-electron chi connectivity index (χ2n) is 19.6. The summed E-state index contributed by atoms with van der Waals surface area (Å²) in [6.07, 6.45) is 19.8. The Kier molecular flexibility index (Phi) is 17.0. The van der Waals surface area contributed by atoms with E-state index in [0.717, 1.165) is 58.0 Å². The molecule has 4 aromatic rings. The fourth-order valence-electron chi connectivity index (χ4n) is 9.07. The highest BCUT2D eigenvalue weighted by atomic mass is 32.1. The minimum Gasteiger partial charge on any atom is -0.458 e. The lowest BCUT2D eigenvalue weighted by atomic mass is 9.93. The topological polar surface area (TPSA) is 119 Å². The second-order valence-corrected chi connectivity index (χ2v) is 21.8. The van der Waals surface area contributed by atoms with Crippen molar-refractivity contribution < 1.29 is 18.4 Å². The normalized spacial score (nSPS) is 15.8. The summed E-state index contributed by atoms with van der Waals surface area (Å²) in [7, 11) is 0. The number of unbranched alkanes of at least 4 members (excludes halogenated alkanes) is 11. The zero-order valence-electron chi connectivity index (χ0n) is 39.7. The van der Waals surface area contributed by atoms with Gasteiger partial charge in [0.15, 0.2) is 11.5 Å². The van der Waals surface area contributed by atoms with Gasteiger partial charge in [-0.15, -0.1) is 22.7 Å². The second kappa shape index (κ2) is 22.0. The SMILES string of the molecule is CCCCCCCCC(CCCCCC)CN1C(=O)C2=C(c3ccc(C(C)(C)N)o3)N(CC(C)CCCCCC)C(=O)C2=C1c1ccc(-c2ccc(-c3ccc(C(C)(C)N)s3)s2)o1. The number of carbonyl (C=O) groups is 2. The molecule has 6 rings (SSSR count). The molecule has 8 nitrogen and oxygen atoms in total. The molecule has 0 aliphatic carbocycles. The average Bonchev–Trinajstić information content (AvgIpc) is 4.09. The van der Waals surface area contributed by atoms with Gasteiger partial charge in [0.1, 0.15) is 22.9 Å². The van der Waals surface area contributed by atoms with Crippen molar-refractivity contribution in [3.05, 3.63) is 81.8 Å². The van der Waals surface area contributed by atoms with Crippen LogP contribution in [0.3, 0.4) is 0 Å². The first-order chi connectivity index (χ1) is 30.2. The van der Waals surface area contributed by atoms with E-state index < -0.39 is 11.1 Å². The first kappa shape index (κ1) is 48.7. The van der Waals surface area contributed by atoms with Crippen molar-refractivity contribution in [3.63, 3.8) is 0 Å². The van der Waals surface area contributed by atoms with E-state index in [1.807, 2.05) is 61.8 Å². The molecule has 0 fully saturated rings. The van der Waals surface area contributed by atoms with Crippen LogP contribution in [0.1, 0.15) is 187 Å². The monoisotopic (exact) mass is 897 g/mol. The molecule has 10 heteroatoms. The third-order valence-electron chi connectivity index (χ3n) is 12.7. The maximum atomic E-state index is 15.4. The first-order valence-electron chi connectivity index (χ1n) is 24.3. The van der Waals surface area contributed by atoms with Gasteiger partial charge in [-0.1, -0.05) is 118 Å². The van der Waals surface area contributed by atoms with E-state index in [2.05, 4.69) is 52.0 Å². The molecule has 4 N–H and O–H groups in total. The molecule has 0 spiro atoms. The summed E-state index contributed by atoms with van der Waals surface area (Å²) in [5.74, 6) is 2.55. The van der Waals surface area contributed by atoms with Gasteiger partial charge in [-0.3, -0.25) is 9.59 Å². The average molecular weight is 897 g/mol. The number of rotatable bonds is 27. The smallest absolute Gasteiger partial charge is 0.261 e. The van der Waals surface area contributed by atoms with Crippen molar-refractivity contribution in [2.24, 2.45) is 23.3 Å². The predicted molar refractivity (Wildman–Crippen MR) is 264 cm³/mol. The predicted octanol–water partition coefficient (Wildman–Crippen LogP) is 14.5. The number of hydrogen-bond acceptors (Lipinski definition) is 8. The van der Waals surface area contributed by atoms with Crippen molar-refractivity contribution >= 4 is 45.9 Å². The van der Waals surface area contributed by atoms with Gasteiger partial charge in [0, 0.05) is 33.3 Å². The molecular formula is C53H76N4O4S2. The minimum absolute atomic E-state index is 0.152. The van der Waals surface area contributed by atoms with Crippen molar-refractivity contribution in [2.45, 2.75) is 176 Å². The summed E-state index contributed by atoms with van der Waals surface area (Å²) in [5.41, 5.74) is 13.8. The fourth-order valence-corrected chi connectivity index (χ4v) is 11.1. The van der Waals surface area contributed by atoms with Gasteiger partial charge in [0.25, 0.3) is 11.8 Å². The Morgan fingerprint density at radius 2 is 1.02 bits per heavy atom. The largest absolute Gasteiger partial charge is 0.458 e. The molecule has 2 unspecified atom stereocenters. The van der Waals surface area contributed by atoms with Gasteiger partial charge in [-0.2, -0.15) is 0 Å².